The topological polar surface area (TPSA) is 63.4 Å². The lowest BCUT2D eigenvalue weighted by Crippen LogP contribution is -2.14. The zero-order valence-corrected chi connectivity index (χ0v) is 9.67. The van der Waals surface area contributed by atoms with Crippen LogP contribution in [0.15, 0.2) is 20.6 Å². The Labute approximate surface area is 85.9 Å². The molecule has 2 N–H and O–H groups in total. The van der Waals surface area contributed by atoms with E-state index in [1.54, 1.807) is 29.8 Å². The van der Waals surface area contributed by atoms with Gasteiger partial charge in [-0.2, -0.15) is 0 Å². The van der Waals surface area contributed by atoms with Crippen molar-refractivity contribution in [1.29, 1.82) is 0 Å². The van der Waals surface area contributed by atoms with Crippen molar-refractivity contribution in [2.75, 3.05) is 14.1 Å². The van der Waals surface area contributed by atoms with Gasteiger partial charge in [0, 0.05) is 5.38 Å². The lowest BCUT2D eigenvalue weighted by Gasteiger charge is -2.05. The zero-order chi connectivity index (χ0) is 10.0. The molecule has 7 heteroatoms. The van der Waals surface area contributed by atoms with Gasteiger partial charge in [0.25, 0.3) is 0 Å². The van der Waals surface area contributed by atoms with Crippen LogP contribution in [0.25, 0.3) is 0 Å². The van der Waals surface area contributed by atoms with Crippen LogP contribution in [0.2, 0.25) is 0 Å². The van der Waals surface area contributed by atoms with Crippen LogP contribution in [0.1, 0.15) is 0 Å². The van der Waals surface area contributed by atoms with Gasteiger partial charge in [-0.05, 0) is 20.2 Å². The van der Waals surface area contributed by atoms with Crippen molar-refractivity contribution in [2.45, 2.75) is 9.10 Å². The number of hydrogen-bond acceptors (Lipinski definition) is 3. The Kier molecular flexibility index (Phi) is 3.74. The average Bonchev–Trinajstić information content (AvgIpc) is 2.50. The number of nitrogens with zero attached hydrogens (tertiary/aromatic N) is 1. The highest BCUT2D eigenvalue weighted by Gasteiger charge is 2.10. The molecule has 1 heterocycles. The molecule has 2 unspecified atom stereocenters. The molecule has 74 valence electrons. The van der Waals surface area contributed by atoms with Gasteiger partial charge in [0.05, 0.1) is 4.90 Å². The van der Waals surface area contributed by atoms with Crippen LogP contribution in [0, 0.1) is 0 Å². The van der Waals surface area contributed by atoms with Gasteiger partial charge in [-0.3, -0.25) is 0 Å². The molecular formula is C6H10N2O2S3. The highest BCUT2D eigenvalue weighted by Crippen LogP contribution is 2.20. The summed E-state index contributed by atoms with van der Waals surface area (Å²) in [6.07, 6.45) is 0. The fourth-order valence-corrected chi connectivity index (χ4v) is 3.23. The van der Waals surface area contributed by atoms with Crippen molar-refractivity contribution in [3.63, 3.8) is 0 Å². The molecule has 0 amide bonds. The fourth-order valence-electron chi connectivity index (χ4n) is 0.708. The van der Waals surface area contributed by atoms with Crippen LogP contribution >= 0.6 is 11.3 Å². The second-order valence-electron chi connectivity index (χ2n) is 2.46. The van der Waals surface area contributed by atoms with E-state index in [9.17, 15) is 8.42 Å². The smallest absolute Gasteiger partial charge is 0.132 e. The van der Waals surface area contributed by atoms with Crippen molar-refractivity contribution in [2.24, 2.45) is 5.14 Å². The monoisotopic (exact) mass is 238 g/mol. The van der Waals surface area contributed by atoms with Crippen molar-refractivity contribution in [3.05, 3.63) is 11.4 Å². The van der Waals surface area contributed by atoms with Gasteiger partial charge in [-0.15, -0.1) is 11.3 Å². The lowest BCUT2D eigenvalue weighted by atomic mass is 10.7. The summed E-state index contributed by atoms with van der Waals surface area (Å²) in [6, 6.07) is 1.61. The van der Waals surface area contributed by atoms with Gasteiger partial charge < -0.3 is 0 Å². The van der Waals surface area contributed by atoms with E-state index in [-0.39, 0.29) is 0 Å². The molecule has 0 bridgehead atoms. The summed E-state index contributed by atoms with van der Waals surface area (Å²) in [4.78, 5) is 0.642. The van der Waals surface area contributed by atoms with E-state index in [1.807, 2.05) is 0 Å². The van der Waals surface area contributed by atoms with Crippen LogP contribution in [0.5, 0.6) is 0 Å². The predicted octanol–water partition coefficient (Wildman–Crippen LogP) is 0.314. The predicted molar refractivity (Wildman–Crippen MR) is 55.0 cm³/mol. The maximum atomic E-state index is 11.5. The summed E-state index contributed by atoms with van der Waals surface area (Å²) >= 11 is 1.26. The quantitative estimate of drug-likeness (QED) is 0.824. The van der Waals surface area contributed by atoms with E-state index in [0.29, 0.717) is 9.10 Å². The Bertz CT molecular complexity index is 347. The first-order chi connectivity index (χ1) is 6.02. The molecule has 13 heavy (non-hydrogen) atoms. The highest BCUT2D eigenvalue weighted by atomic mass is 32.2. The molecule has 1 aromatic heterocycles. The Balaban J connectivity index is 2.92. The minimum Gasteiger partial charge on any atom is -0.247 e. The van der Waals surface area contributed by atoms with Crippen LogP contribution in [-0.4, -0.2) is 26.8 Å². The summed E-state index contributed by atoms with van der Waals surface area (Å²) in [5.74, 6) is 0. The molecule has 0 aromatic carbocycles. The highest BCUT2D eigenvalue weighted by molar-refractivity contribution is 7.85. The van der Waals surface area contributed by atoms with Gasteiger partial charge >= 0.3 is 0 Å². The first-order valence-corrected chi connectivity index (χ1v) is 6.56. The van der Waals surface area contributed by atoms with Crippen LogP contribution in [0.3, 0.4) is 0 Å². The molecule has 1 rings (SSSR count). The Morgan fingerprint density at radius 3 is 2.46 bits per heavy atom. The largest absolute Gasteiger partial charge is 0.247 e. The number of rotatable bonds is 3. The minimum absolute atomic E-state index is 0.546. The summed E-state index contributed by atoms with van der Waals surface area (Å²) < 4.78 is 24.4. The fraction of sp³-hybridized carbons (Fsp3) is 0.333. The molecule has 0 saturated heterocycles. The normalized spacial score (nSPS) is 16.0. The molecular weight excluding hydrogens is 228 g/mol. The Morgan fingerprint density at radius 2 is 2.08 bits per heavy atom. The van der Waals surface area contributed by atoms with Crippen LogP contribution in [0.4, 0.5) is 0 Å². The molecule has 0 fully saturated rings. The molecule has 4 nitrogen and oxygen atoms in total. The molecule has 0 spiro atoms. The van der Waals surface area contributed by atoms with Gasteiger partial charge in [-0.25, -0.2) is 17.9 Å². The molecule has 0 aliphatic heterocycles. The van der Waals surface area contributed by atoms with E-state index in [2.05, 4.69) is 0 Å². The number of nitrogens with two attached hydrogens (primary N) is 1. The summed E-state index contributed by atoms with van der Waals surface area (Å²) in [7, 11) is 0.781. The maximum Gasteiger partial charge on any atom is 0.132 e. The van der Waals surface area contributed by atoms with E-state index < -0.39 is 22.0 Å². The molecule has 1 aromatic rings. The van der Waals surface area contributed by atoms with Gasteiger partial charge in [-0.1, -0.05) is 0 Å². The van der Waals surface area contributed by atoms with Gasteiger partial charge in [0.2, 0.25) is 0 Å². The molecule has 0 radical (unpaired) electrons. The number of thiophene rings is 1. The first-order valence-electron chi connectivity index (χ1n) is 3.36. The summed E-state index contributed by atoms with van der Waals surface area (Å²) in [6.45, 7) is 0. The van der Waals surface area contributed by atoms with Crippen LogP contribution in [-0.2, 0) is 22.0 Å². The third kappa shape index (κ3) is 2.68. The third-order valence-electron chi connectivity index (χ3n) is 1.28. The van der Waals surface area contributed by atoms with Crippen molar-refractivity contribution >= 4 is 33.3 Å². The average molecular weight is 238 g/mol. The van der Waals surface area contributed by atoms with Crippen molar-refractivity contribution in [3.8, 4) is 0 Å². The summed E-state index contributed by atoms with van der Waals surface area (Å²) in [5.41, 5.74) is 0. The number of hydrogen-bond donors (Lipinski definition) is 1. The molecule has 2 atom stereocenters. The third-order valence-corrected chi connectivity index (χ3v) is 4.75. The minimum atomic E-state index is -1.47. The van der Waals surface area contributed by atoms with E-state index >= 15 is 0 Å². The Morgan fingerprint density at radius 1 is 1.46 bits per heavy atom. The van der Waals surface area contributed by atoms with E-state index in [0.717, 1.165) is 0 Å². The van der Waals surface area contributed by atoms with Crippen LogP contribution < -0.4 is 5.14 Å². The van der Waals surface area contributed by atoms with Gasteiger partial charge in [0.15, 0.2) is 0 Å². The Hall–Kier alpha value is -0.0800. The van der Waals surface area contributed by atoms with E-state index in [1.165, 1.54) is 11.3 Å². The van der Waals surface area contributed by atoms with Gasteiger partial charge in [0.1, 0.15) is 26.2 Å². The second-order valence-corrected chi connectivity index (χ2v) is 6.36. The molecule has 0 aliphatic carbocycles. The molecule has 0 saturated carbocycles. The second kappa shape index (κ2) is 4.43. The van der Waals surface area contributed by atoms with Crippen molar-refractivity contribution in [1.82, 2.24) is 4.31 Å². The summed E-state index contributed by atoms with van der Waals surface area (Å²) in [5, 5.41) is 6.88. The SMILES string of the molecule is CN(C)S(=O)c1csc(S(N)=O)c1. The lowest BCUT2D eigenvalue weighted by molar-refractivity contribution is 0.603. The first kappa shape index (κ1) is 11.0. The van der Waals surface area contributed by atoms with Crippen molar-refractivity contribution < 1.29 is 8.42 Å². The van der Waals surface area contributed by atoms with E-state index in [4.69, 9.17) is 5.14 Å². The standard InChI is InChI=1S/C6H10N2O2S3/c1-8(2)13(10)5-3-6(11-4-5)12(7)9/h3-4H,7H2,1-2H3. The maximum absolute atomic E-state index is 11.5. The molecule has 0 aliphatic rings. The zero-order valence-electron chi connectivity index (χ0n) is 7.22.